The van der Waals surface area contributed by atoms with Crippen molar-refractivity contribution in [1.29, 1.82) is 0 Å². The minimum Gasteiger partial charge on any atom is -0.378 e. The van der Waals surface area contributed by atoms with Crippen LogP contribution in [0.4, 0.5) is 5.69 Å². The van der Waals surface area contributed by atoms with E-state index in [1.54, 1.807) is 0 Å². The van der Waals surface area contributed by atoms with Crippen molar-refractivity contribution < 1.29 is 9.47 Å². The molecule has 1 saturated heterocycles. The fourth-order valence-electron chi connectivity index (χ4n) is 3.90. The predicted octanol–water partition coefficient (Wildman–Crippen LogP) is 3.63. The number of anilines is 1. The van der Waals surface area contributed by atoms with Crippen LogP contribution >= 0.6 is 0 Å². The first-order valence-corrected chi connectivity index (χ1v) is 8.23. The van der Waals surface area contributed by atoms with Crippen LogP contribution in [-0.4, -0.2) is 38.1 Å². The van der Waals surface area contributed by atoms with E-state index in [0.717, 1.165) is 38.9 Å². The highest BCUT2D eigenvalue weighted by Gasteiger charge is 2.40. The Balaban J connectivity index is 1.60. The van der Waals surface area contributed by atoms with E-state index in [1.165, 1.54) is 22.2 Å². The van der Waals surface area contributed by atoms with E-state index in [9.17, 15) is 0 Å². The van der Waals surface area contributed by atoms with Gasteiger partial charge in [0, 0.05) is 49.7 Å². The molecular formula is C18H24N2O2. The first kappa shape index (κ1) is 14.1. The van der Waals surface area contributed by atoms with E-state index in [1.807, 2.05) is 0 Å². The maximum atomic E-state index is 5.85. The molecule has 0 unspecified atom stereocenters. The molecule has 4 nitrogen and oxygen atoms in total. The van der Waals surface area contributed by atoms with Crippen molar-refractivity contribution in [2.45, 2.75) is 37.4 Å². The zero-order valence-corrected chi connectivity index (χ0v) is 13.4. The Morgan fingerprint density at radius 3 is 2.55 bits per heavy atom. The number of hydrogen-bond acceptors (Lipinski definition) is 3. The highest BCUT2D eigenvalue weighted by atomic mass is 16.7. The minimum atomic E-state index is -0.266. The van der Waals surface area contributed by atoms with Crippen LogP contribution in [0.15, 0.2) is 24.4 Å². The van der Waals surface area contributed by atoms with Crippen molar-refractivity contribution in [3.63, 3.8) is 0 Å². The first-order chi connectivity index (χ1) is 10.7. The fourth-order valence-corrected chi connectivity index (χ4v) is 3.90. The van der Waals surface area contributed by atoms with Gasteiger partial charge in [-0.2, -0.15) is 0 Å². The van der Waals surface area contributed by atoms with Gasteiger partial charge in [0.2, 0.25) is 0 Å². The average Bonchev–Trinajstić information content (AvgIpc) is 3.15. The van der Waals surface area contributed by atoms with Gasteiger partial charge >= 0.3 is 0 Å². The Morgan fingerprint density at radius 2 is 1.86 bits per heavy atom. The summed E-state index contributed by atoms with van der Waals surface area (Å²) in [6, 6.07) is 6.65. The van der Waals surface area contributed by atoms with Crippen LogP contribution in [0.1, 0.15) is 37.2 Å². The van der Waals surface area contributed by atoms with E-state index in [2.05, 4.69) is 48.4 Å². The fraction of sp³-hybridized carbons (Fsp3) is 0.556. The van der Waals surface area contributed by atoms with Gasteiger partial charge in [0.15, 0.2) is 5.79 Å². The van der Waals surface area contributed by atoms with Crippen molar-refractivity contribution >= 4 is 16.6 Å². The van der Waals surface area contributed by atoms with Gasteiger partial charge < -0.3 is 19.4 Å². The first-order valence-electron chi connectivity index (χ1n) is 8.23. The number of hydrogen-bond donors (Lipinski definition) is 1. The molecule has 0 atom stereocenters. The molecule has 1 aliphatic carbocycles. The number of ether oxygens (including phenoxy) is 2. The van der Waals surface area contributed by atoms with Crippen molar-refractivity contribution in [2.75, 3.05) is 32.2 Å². The van der Waals surface area contributed by atoms with E-state index in [-0.39, 0.29) is 5.79 Å². The lowest BCUT2D eigenvalue weighted by atomic mass is 9.81. The molecule has 1 aromatic carbocycles. The number of aromatic nitrogens is 1. The molecule has 0 bridgehead atoms. The quantitative estimate of drug-likeness (QED) is 0.920. The number of nitrogens with zero attached hydrogens (tertiary/aromatic N) is 1. The highest BCUT2D eigenvalue weighted by molar-refractivity contribution is 5.87. The van der Waals surface area contributed by atoms with Crippen LogP contribution in [-0.2, 0) is 9.47 Å². The predicted molar refractivity (Wildman–Crippen MR) is 88.5 cm³/mol. The van der Waals surface area contributed by atoms with Crippen LogP contribution in [0, 0.1) is 0 Å². The third kappa shape index (κ3) is 2.31. The van der Waals surface area contributed by atoms with Crippen LogP contribution in [0.5, 0.6) is 0 Å². The minimum absolute atomic E-state index is 0.266. The maximum Gasteiger partial charge on any atom is 0.168 e. The van der Waals surface area contributed by atoms with Crippen molar-refractivity contribution in [1.82, 2.24) is 4.98 Å². The second-order valence-electron chi connectivity index (χ2n) is 6.75. The summed E-state index contributed by atoms with van der Waals surface area (Å²) >= 11 is 0. The van der Waals surface area contributed by atoms with Gasteiger partial charge in [-0.05, 0) is 42.5 Å². The van der Waals surface area contributed by atoms with Crippen LogP contribution in [0.2, 0.25) is 0 Å². The van der Waals surface area contributed by atoms with Gasteiger partial charge in [-0.3, -0.25) is 0 Å². The summed E-state index contributed by atoms with van der Waals surface area (Å²) in [7, 11) is 4.18. The lowest BCUT2D eigenvalue weighted by molar-refractivity contribution is -0.178. The van der Waals surface area contributed by atoms with Gasteiger partial charge in [-0.1, -0.05) is 0 Å². The number of fused-ring (bicyclic) bond motifs is 1. The van der Waals surface area contributed by atoms with Gasteiger partial charge in [-0.15, -0.1) is 0 Å². The molecule has 1 spiro atoms. The zero-order chi connectivity index (χ0) is 15.2. The Morgan fingerprint density at radius 1 is 1.14 bits per heavy atom. The molecular weight excluding hydrogens is 276 g/mol. The third-order valence-electron chi connectivity index (χ3n) is 5.21. The molecule has 1 aliphatic heterocycles. The number of H-pyrrole nitrogens is 1. The summed E-state index contributed by atoms with van der Waals surface area (Å²) in [6.07, 6.45) is 6.50. The monoisotopic (exact) mass is 300 g/mol. The van der Waals surface area contributed by atoms with Crippen molar-refractivity contribution in [3.05, 3.63) is 30.0 Å². The summed E-state index contributed by atoms with van der Waals surface area (Å²) in [5, 5.41) is 1.36. The standard InChI is InChI=1S/C18H24N2O2/c1-20(2)14-3-4-17-15(11-14)16(12-19-17)13-5-7-18(8-6-13)21-9-10-22-18/h3-4,11-13,19H,5-10H2,1-2H3. The largest absolute Gasteiger partial charge is 0.378 e. The van der Waals surface area contributed by atoms with Gasteiger partial charge in [0.05, 0.1) is 13.2 Å². The van der Waals surface area contributed by atoms with Crippen LogP contribution in [0.25, 0.3) is 10.9 Å². The highest BCUT2D eigenvalue weighted by Crippen LogP contribution is 2.44. The van der Waals surface area contributed by atoms with Gasteiger partial charge in [0.1, 0.15) is 0 Å². The van der Waals surface area contributed by atoms with Gasteiger partial charge in [0.25, 0.3) is 0 Å². The summed E-state index contributed by atoms with van der Waals surface area (Å²) in [6.45, 7) is 1.51. The molecule has 2 aliphatic rings. The SMILES string of the molecule is CN(C)c1ccc2[nH]cc(C3CCC4(CC3)OCCO4)c2c1. The Kier molecular flexibility index (Phi) is 3.39. The molecule has 4 rings (SSSR count). The molecule has 4 heteroatoms. The third-order valence-corrected chi connectivity index (χ3v) is 5.21. The molecule has 22 heavy (non-hydrogen) atoms. The molecule has 0 amide bonds. The summed E-state index contributed by atoms with van der Waals surface area (Å²) in [5.74, 6) is 0.335. The lowest BCUT2D eigenvalue weighted by Gasteiger charge is -2.35. The molecule has 0 radical (unpaired) electrons. The smallest absolute Gasteiger partial charge is 0.168 e. The van der Waals surface area contributed by atoms with E-state index < -0.39 is 0 Å². The van der Waals surface area contributed by atoms with Gasteiger partial charge in [-0.25, -0.2) is 0 Å². The number of nitrogens with one attached hydrogen (secondary N) is 1. The Bertz CT molecular complexity index is 661. The van der Waals surface area contributed by atoms with Crippen molar-refractivity contribution in [2.24, 2.45) is 0 Å². The molecule has 1 saturated carbocycles. The summed E-state index contributed by atoms with van der Waals surface area (Å²) in [5.41, 5.74) is 3.93. The Labute approximate surface area is 131 Å². The number of benzene rings is 1. The van der Waals surface area contributed by atoms with E-state index in [4.69, 9.17) is 9.47 Å². The number of aromatic amines is 1. The van der Waals surface area contributed by atoms with E-state index in [0.29, 0.717) is 5.92 Å². The second kappa shape index (κ2) is 5.28. The second-order valence-corrected chi connectivity index (χ2v) is 6.75. The topological polar surface area (TPSA) is 37.5 Å². The summed E-state index contributed by atoms with van der Waals surface area (Å²) < 4.78 is 11.7. The number of rotatable bonds is 2. The van der Waals surface area contributed by atoms with Crippen molar-refractivity contribution in [3.8, 4) is 0 Å². The summed E-state index contributed by atoms with van der Waals surface area (Å²) in [4.78, 5) is 5.59. The molecule has 118 valence electrons. The zero-order valence-electron chi connectivity index (χ0n) is 13.4. The van der Waals surface area contributed by atoms with E-state index >= 15 is 0 Å². The van der Waals surface area contributed by atoms with Crippen LogP contribution in [0.3, 0.4) is 0 Å². The molecule has 1 N–H and O–H groups in total. The maximum absolute atomic E-state index is 5.85. The lowest BCUT2D eigenvalue weighted by Crippen LogP contribution is -2.34. The molecule has 2 aromatic rings. The molecule has 1 aromatic heterocycles. The average molecular weight is 300 g/mol. The molecule has 2 fully saturated rings. The Hall–Kier alpha value is -1.52. The molecule has 2 heterocycles. The normalized spacial score (nSPS) is 21.7. The van der Waals surface area contributed by atoms with Crippen LogP contribution < -0.4 is 4.90 Å².